The number of nitrogens with zero attached hydrogens (tertiary/aromatic N) is 4. The van der Waals surface area contributed by atoms with Gasteiger partial charge in [0.2, 0.25) is 0 Å². The topological polar surface area (TPSA) is 194 Å². The average molecular weight is 596 g/mol. The molecule has 0 amide bonds. The van der Waals surface area contributed by atoms with Crippen LogP contribution in [0.3, 0.4) is 0 Å². The van der Waals surface area contributed by atoms with Gasteiger partial charge in [-0.1, -0.05) is 20.8 Å². The fraction of sp³-hybridized carbons (Fsp3) is 0.852. The maximum Gasteiger partial charge on any atom is 0.317 e. The molecule has 1 aliphatic rings. The summed E-state index contributed by atoms with van der Waals surface area (Å²) >= 11 is 0. The van der Waals surface area contributed by atoms with Gasteiger partial charge in [0.25, 0.3) is 6.47 Å². The number of aliphatic hydroxyl groups is 3. The van der Waals surface area contributed by atoms with Gasteiger partial charge in [0, 0.05) is 66.1 Å². The number of hydrogen-bond donors (Lipinski definition) is 6. The number of carbonyl (C=O) groups excluding carboxylic acids is 2. The molecule has 1 heterocycles. The first kappa shape index (κ1) is 43.4. The zero-order valence-electron chi connectivity index (χ0n) is 25.6. The smallest absolute Gasteiger partial charge is 0.317 e. The third-order valence-corrected chi connectivity index (χ3v) is 6.35. The van der Waals surface area contributed by atoms with E-state index in [0.29, 0.717) is 64.6 Å². The number of carbonyl (C=O) groups is 4. The maximum absolute atomic E-state index is 11.3. The molecule has 14 nitrogen and oxygen atoms in total. The van der Waals surface area contributed by atoms with E-state index in [0.717, 1.165) is 52.7 Å². The van der Waals surface area contributed by atoms with Crippen molar-refractivity contribution in [3.05, 3.63) is 0 Å². The molecule has 1 fully saturated rings. The van der Waals surface area contributed by atoms with Gasteiger partial charge in [-0.3, -0.25) is 24.3 Å². The van der Waals surface area contributed by atoms with Crippen molar-refractivity contribution in [2.75, 3.05) is 92.3 Å². The third kappa shape index (κ3) is 27.9. The summed E-state index contributed by atoms with van der Waals surface area (Å²) in [5.41, 5.74) is 0. The minimum Gasteiger partial charge on any atom is -0.483 e. The highest BCUT2D eigenvalue weighted by molar-refractivity contribution is 5.69. The zero-order valence-corrected chi connectivity index (χ0v) is 25.6. The molecule has 0 saturated carbocycles. The van der Waals surface area contributed by atoms with Gasteiger partial charge in [-0.15, -0.1) is 0 Å². The maximum atomic E-state index is 11.3. The predicted octanol–water partition coefficient (Wildman–Crippen LogP) is -1.27. The first-order valence-corrected chi connectivity index (χ1v) is 14.1. The zero-order chi connectivity index (χ0) is 32.1. The monoisotopic (exact) mass is 595 g/mol. The SMILES string of the molecule is C=O.CCN1CCN(CC=O)CCN(CC(=O)O)CCN(CNCCC(O)CC(O)CC(C)C)CC1.CO.O=CO. The van der Waals surface area contributed by atoms with Crippen LogP contribution in [0.2, 0.25) is 0 Å². The van der Waals surface area contributed by atoms with Crippen LogP contribution in [-0.4, -0.2) is 175 Å². The number of aliphatic carboxylic acids is 1. The fourth-order valence-corrected chi connectivity index (χ4v) is 4.27. The summed E-state index contributed by atoms with van der Waals surface area (Å²) in [6.45, 7) is 16.7. The summed E-state index contributed by atoms with van der Waals surface area (Å²) in [5, 5.41) is 46.8. The Labute approximate surface area is 245 Å². The second kappa shape index (κ2) is 30.9. The minimum absolute atomic E-state index is 0.0117. The van der Waals surface area contributed by atoms with E-state index in [-0.39, 0.29) is 13.0 Å². The Morgan fingerprint density at radius 2 is 1.32 bits per heavy atom. The van der Waals surface area contributed by atoms with Crippen LogP contribution in [0.5, 0.6) is 0 Å². The van der Waals surface area contributed by atoms with Gasteiger partial charge in [-0.25, -0.2) is 0 Å². The molecule has 0 spiro atoms. The second-order valence-corrected chi connectivity index (χ2v) is 9.91. The van der Waals surface area contributed by atoms with E-state index < -0.39 is 18.2 Å². The second-order valence-electron chi connectivity index (χ2n) is 9.91. The lowest BCUT2D eigenvalue weighted by molar-refractivity contribution is -0.138. The summed E-state index contributed by atoms with van der Waals surface area (Å²) in [4.78, 5) is 47.5. The lowest BCUT2D eigenvalue weighted by Gasteiger charge is -2.33. The van der Waals surface area contributed by atoms with Crippen LogP contribution in [0.4, 0.5) is 0 Å². The van der Waals surface area contributed by atoms with Gasteiger partial charge >= 0.3 is 5.97 Å². The molecule has 2 unspecified atom stereocenters. The quantitative estimate of drug-likeness (QED) is 0.103. The van der Waals surface area contributed by atoms with E-state index in [1.807, 2.05) is 11.7 Å². The Morgan fingerprint density at radius 1 is 0.854 bits per heavy atom. The number of carboxylic acids is 1. The number of hydrogen-bond acceptors (Lipinski definition) is 12. The molecule has 0 radical (unpaired) electrons. The Hall–Kier alpha value is -2.04. The van der Waals surface area contributed by atoms with Crippen molar-refractivity contribution in [1.29, 1.82) is 0 Å². The molecule has 0 aromatic carbocycles. The Morgan fingerprint density at radius 3 is 1.76 bits per heavy atom. The highest BCUT2D eigenvalue weighted by Crippen LogP contribution is 2.11. The molecule has 6 N–H and O–H groups in total. The number of nitrogens with one attached hydrogen (secondary N) is 1. The molecule has 0 aromatic rings. The largest absolute Gasteiger partial charge is 0.483 e. The van der Waals surface area contributed by atoms with Crippen LogP contribution in [0.25, 0.3) is 0 Å². The predicted molar refractivity (Wildman–Crippen MR) is 158 cm³/mol. The van der Waals surface area contributed by atoms with E-state index in [4.69, 9.17) is 19.8 Å². The number of likely N-dealkylation sites (N-methyl/N-ethyl adjacent to an activating group) is 1. The van der Waals surface area contributed by atoms with Gasteiger partial charge in [0.15, 0.2) is 0 Å². The summed E-state index contributed by atoms with van der Waals surface area (Å²) in [5.74, 6) is -0.435. The Bertz CT molecular complexity index is 620. The van der Waals surface area contributed by atoms with Crippen molar-refractivity contribution in [3.63, 3.8) is 0 Å². The van der Waals surface area contributed by atoms with Gasteiger partial charge in [0.05, 0.1) is 25.3 Å². The van der Waals surface area contributed by atoms with Crippen LogP contribution >= 0.6 is 0 Å². The van der Waals surface area contributed by atoms with Crippen molar-refractivity contribution in [2.24, 2.45) is 5.92 Å². The number of aldehydes is 1. The molecule has 2 atom stereocenters. The van der Waals surface area contributed by atoms with E-state index >= 15 is 0 Å². The molecular formula is C27H57N5O9. The molecule has 244 valence electrons. The third-order valence-electron chi connectivity index (χ3n) is 6.35. The van der Waals surface area contributed by atoms with Crippen LogP contribution < -0.4 is 5.32 Å². The molecule has 0 bridgehead atoms. The lowest BCUT2D eigenvalue weighted by Crippen LogP contribution is -2.48. The first-order valence-electron chi connectivity index (χ1n) is 14.1. The average Bonchev–Trinajstić information content (AvgIpc) is 2.92. The molecular weight excluding hydrogens is 538 g/mol. The van der Waals surface area contributed by atoms with Crippen molar-refractivity contribution >= 4 is 25.5 Å². The van der Waals surface area contributed by atoms with E-state index in [1.54, 1.807) is 0 Å². The van der Waals surface area contributed by atoms with Crippen LogP contribution in [0, 0.1) is 5.92 Å². The molecule has 14 heteroatoms. The molecule has 41 heavy (non-hydrogen) atoms. The summed E-state index contributed by atoms with van der Waals surface area (Å²) in [6.07, 6.45) is 1.61. The highest BCUT2D eigenvalue weighted by Gasteiger charge is 2.18. The number of rotatable bonds is 14. The first-order chi connectivity index (χ1) is 19.6. The van der Waals surface area contributed by atoms with Gasteiger partial charge in [0.1, 0.15) is 13.1 Å². The summed E-state index contributed by atoms with van der Waals surface area (Å²) in [7, 11) is 1.00. The highest BCUT2D eigenvalue weighted by atomic mass is 16.4. The van der Waals surface area contributed by atoms with E-state index in [1.165, 1.54) is 0 Å². The van der Waals surface area contributed by atoms with Crippen molar-refractivity contribution in [3.8, 4) is 0 Å². The molecule has 0 aromatic heterocycles. The normalized spacial score (nSPS) is 17.6. The molecule has 1 saturated heterocycles. The standard InChI is InChI=1S/C24H49N5O5.CH2O2.CH4O.CH2O/c1-4-26-7-9-27(15-16-30)10-11-28(19-24(33)34)12-14-29(13-8-26)20-25-6-5-22(31)18-23(32)17-21(2)3;2-1-3;2*1-2/h16,21-23,25,31-32H,4-15,17-20H2,1-3H3,(H,33,34);1H,(H,2,3);2H,1H3;1H2. The van der Waals surface area contributed by atoms with Gasteiger partial charge < -0.3 is 45.3 Å². The van der Waals surface area contributed by atoms with Crippen LogP contribution in [0.1, 0.15) is 40.0 Å². The van der Waals surface area contributed by atoms with Crippen LogP contribution in [-0.2, 0) is 19.2 Å². The van der Waals surface area contributed by atoms with E-state index in [9.17, 15) is 24.9 Å². The minimum atomic E-state index is -0.843. The van der Waals surface area contributed by atoms with Crippen molar-refractivity contribution < 1.29 is 44.7 Å². The van der Waals surface area contributed by atoms with Crippen molar-refractivity contribution in [2.45, 2.75) is 52.2 Å². The number of aliphatic hydroxyl groups excluding tert-OH is 3. The summed E-state index contributed by atoms with van der Waals surface area (Å²) in [6, 6.07) is 0. The van der Waals surface area contributed by atoms with Gasteiger partial charge in [-0.05, 0) is 38.3 Å². The molecule has 1 aliphatic heterocycles. The number of carboxylic acid groups (broad SMARTS) is 2. The molecule has 0 aliphatic carbocycles. The van der Waals surface area contributed by atoms with Crippen molar-refractivity contribution in [1.82, 2.24) is 24.9 Å². The Balaban J connectivity index is -0.00000189. The lowest BCUT2D eigenvalue weighted by atomic mass is 10.00. The summed E-state index contributed by atoms with van der Waals surface area (Å²) < 4.78 is 0. The van der Waals surface area contributed by atoms with Gasteiger partial charge in [-0.2, -0.15) is 0 Å². The van der Waals surface area contributed by atoms with E-state index in [2.05, 4.69) is 40.8 Å². The molecule has 1 rings (SSSR count). The fourth-order valence-electron chi connectivity index (χ4n) is 4.27. The Kier molecular flexibility index (Phi) is 32.7. The van der Waals surface area contributed by atoms with Crippen LogP contribution in [0.15, 0.2) is 0 Å².